The van der Waals surface area contributed by atoms with Crippen LogP contribution in [-0.4, -0.2) is 43.2 Å². The number of aryl methyl sites for hydroxylation is 2. The van der Waals surface area contributed by atoms with E-state index in [1.165, 1.54) is 30.5 Å². The summed E-state index contributed by atoms with van der Waals surface area (Å²) >= 11 is 0. The third kappa shape index (κ3) is 6.24. The molecule has 0 bridgehead atoms. The van der Waals surface area contributed by atoms with E-state index < -0.39 is 0 Å². The standard InChI is InChI=1S/C32H32FN7.C2H6/c1-4-5-26(23-10-19(2)11-25(33)14-23)30-20(3)37-32(38-30)31-27-15-28(36-18-29(27)39-40-31)24-13-22(16-35-17-24)12-21-6-8-34-9-7-21;1-2/h4-5,10-11,13-18,21,34H,1,6-9,12H2,2-3H3,(H,37,38)(H,39,40);1-2H3/b26-5-;. The number of piperidine rings is 1. The predicted molar refractivity (Wildman–Crippen MR) is 168 cm³/mol. The fourth-order valence-corrected chi connectivity index (χ4v) is 5.57. The molecule has 8 heteroatoms. The molecule has 0 atom stereocenters. The highest BCUT2D eigenvalue weighted by Gasteiger charge is 2.19. The third-order valence-electron chi connectivity index (χ3n) is 7.52. The monoisotopic (exact) mass is 563 g/mol. The molecule has 0 spiro atoms. The molecule has 0 saturated carbocycles. The van der Waals surface area contributed by atoms with E-state index in [-0.39, 0.29) is 5.82 Å². The van der Waals surface area contributed by atoms with E-state index in [0.717, 1.165) is 69.8 Å². The van der Waals surface area contributed by atoms with Gasteiger partial charge in [-0.3, -0.25) is 15.1 Å². The van der Waals surface area contributed by atoms with Gasteiger partial charge in [0.15, 0.2) is 5.82 Å². The number of aromatic amines is 2. The van der Waals surface area contributed by atoms with Crippen LogP contribution in [-0.2, 0) is 6.42 Å². The fraction of sp³-hybridized carbons (Fsp3) is 0.294. The van der Waals surface area contributed by atoms with Gasteiger partial charge in [0.1, 0.15) is 11.5 Å². The molecule has 0 aliphatic carbocycles. The molecular formula is C34H38FN7. The minimum absolute atomic E-state index is 0.286. The molecule has 0 radical (unpaired) electrons. The quantitative estimate of drug-likeness (QED) is 0.180. The van der Waals surface area contributed by atoms with Crippen LogP contribution in [0, 0.1) is 25.6 Å². The smallest absolute Gasteiger partial charge is 0.159 e. The van der Waals surface area contributed by atoms with Crippen LogP contribution in [0.1, 0.15) is 54.8 Å². The van der Waals surface area contributed by atoms with E-state index in [4.69, 9.17) is 9.97 Å². The lowest BCUT2D eigenvalue weighted by atomic mass is 9.91. The van der Waals surface area contributed by atoms with E-state index in [9.17, 15) is 4.39 Å². The molecule has 4 aromatic heterocycles. The first kappa shape index (κ1) is 29.1. The van der Waals surface area contributed by atoms with Gasteiger partial charge in [-0.05, 0) is 93.1 Å². The number of nitrogens with one attached hydrogen (secondary N) is 3. The van der Waals surface area contributed by atoms with Crippen LogP contribution < -0.4 is 5.32 Å². The normalized spacial score (nSPS) is 14.1. The van der Waals surface area contributed by atoms with Crippen LogP contribution in [0.15, 0.2) is 67.7 Å². The van der Waals surface area contributed by atoms with Crippen molar-refractivity contribution < 1.29 is 4.39 Å². The number of pyridine rings is 2. The van der Waals surface area contributed by atoms with Crippen molar-refractivity contribution >= 4 is 16.5 Å². The zero-order valence-corrected chi connectivity index (χ0v) is 24.8. The molecule has 1 aliphatic heterocycles. The summed E-state index contributed by atoms with van der Waals surface area (Å²) in [5.74, 6) is 1.02. The molecule has 0 amide bonds. The van der Waals surface area contributed by atoms with Gasteiger partial charge in [0.25, 0.3) is 0 Å². The Balaban J connectivity index is 0.00000173. The van der Waals surface area contributed by atoms with Crippen molar-refractivity contribution in [3.8, 4) is 22.8 Å². The summed E-state index contributed by atoms with van der Waals surface area (Å²) in [6, 6.07) is 9.21. The molecule has 1 aliphatic rings. The maximum atomic E-state index is 14.3. The van der Waals surface area contributed by atoms with Crippen molar-refractivity contribution in [1.82, 2.24) is 35.5 Å². The highest BCUT2D eigenvalue weighted by molar-refractivity contribution is 5.93. The van der Waals surface area contributed by atoms with E-state index in [2.05, 4.69) is 38.1 Å². The van der Waals surface area contributed by atoms with Crippen molar-refractivity contribution in [2.24, 2.45) is 5.92 Å². The molecule has 0 unspecified atom stereocenters. The second kappa shape index (κ2) is 13.0. The van der Waals surface area contributed by atoms with Crippen molar-refractivity contribution in [2.75, 3.05) is 13.1 Å². The average Bonchev–Trinajstić information content (AvgIpc) is 3.60. The maximum Gasteiger partial charge on any atom is 0.159 e. The summed E-state index contributed by atoms with van der Waals surface area (Å²) in [5, 5.41) is 12.0. The van der Waals surface area contributed by atoms with Gasteiger partial charge in [-0.15, -0.1) is 0 Å². The number of benzene rings is 1. The number of allylic oxidation sites excluding steroid dienone is 2. The van der Waals surface area contributed by atoms with Gasteiger partial charge in [-0.2, -0.15) is 5.10 Å². The summed E-state index contributed by atoms with van der Waals surface area (Å²) in [4.78, 5) is 17.5. The van der Waals surface area contributed by atoms with Crippen molar-refractivity contribution in [3.05, 3.63) is 102 Å². The number of hydrogen-bond donors (Lipinski definition) is 3. The zero-order chi connectivity index (χ0) is 29.6. The number of nitrogens with zero attached hydrogens (tertiary/aromatic N) is 4. The molecular weight excluding hydrogens is 525 g/mol. The fourth-order valence-electron chi connectivity index (χ4n) is 5.57. The first-order chi connectivity index (χ1) is 20.5. The van der Waals surface area contributed by atoms with Crippen LogP contribution in [0.3, 0.4) is 0 Å². The lowest BCUT2D eigenvalue weighted by Gasteiger charge is -2.22. The van der Waals surface area contributed by atoms with E-state index in [0.29, 0.717) is 17.4 Å². The highest BCUT2D eigenvalue weighted by Crippen LogP contribution is 2.32. The number of fused-ring (bicyclic) bond motifs is 1. The topological polar surface area (TPSA) is 95.2 Å². The summed E-state index contributed by atoms with van der Waals surface area (Å²) in [5.41, 5.74) is 8.51. The van der Waals surface area contributed by atoms with Gasteiger partial charge in [0.2, 0.25) is 0 Å². The number of halogens is 1. The number of hydrogen-bond acceptors (Lipinski definition) is 5. The first-order valence-electron chi connectivity index (χ1n) is 14.7. The number of H-pyrrole nitrogens is 2. The van der Waals surface area contributed by atoms with Crippen molar-refractivity contribution in [3.63, 3.8) is 0 Å². The predicted octanol–water partition coefficient (Wildman–Crippen LogP) is 7.35. The SMILES string of the molecule is C=C/C=C(/c1cc(C)cc(F)c1)c1nc(-c2n[nH]c3cnc(-c4cncc(CC5CCNCC5)c4)cc23)[nH]c1C.CC. The molecule has 7 nitrogen and oxygen atoms in total. The third-order valence-corrected chi connectivity index (χ3v) is 7.52. The molecule has 6 rings (SSSR count). The maximum absolute atomic E-state index is 14.3. The van der Waals surface area contributed by atoms with E-state index in [1.807, 2.05) is 58.3 Å². The number of imidazole rings is 1. The van der Waals surface area contributed by atoms with Crippen LogP contribution in [0.2, 0.25) is 0 Å². The van der Waals surface area contributed by atoms with Gasteiger partial charge in [-0.1, -0.05) is 38.6 Å². The summed E-state index contributed by atoms with van der Waals surface area (Å²) in [7, 11) is 0. The second-order valence-corrected chi connectivity index (χ2v) is 10.6. The van der Waals surface area contributed by atoms with E-state index in [1.54, 1.807) is 12.3 Å². The largest absolute Gasteiger partial charge is 0.340 e. The minimum Gasteiger partial charge on any atom is -0.340 e. The summed E-state index contributed by atoms with van der Waals surface area (Å²) in [6.07, 6.45) is 12.6. The van der Waals surface area contributed by atoms with Crippen LogP contribution in [0.5, 0.6) is 0 Å². The van der Waals surface area contributed by atoms with Gasteiger partial charge in [0.05, 0.1) is 23.1 Å². The van der Waals surface area contributed by atoms with Crippen molar-refractivity contribution in [1.29, 1.82) is 0 Å². The van der Waals surface area contributed by atoms with Gasteiger partial charge >= 0.3 is 0 Å². The Kier molecular flexibility index (Phi) is 9.03. The van der Waals surface area contributed by atoms with E-state index >= 15 is 0 Å². The van der Waals surface area contributed by atoms with Crippen LogP contribution >= 0.6 is 0 Å². The highest BCUT2D eigenvalue weighted by atomic mass is 19.1. The van der Waals surface area contributed by atoms with Gasteiger partial charge in [0, 0.05) is 34.6 Å². The minimum atomic E-state index is -0.286. The average molecular weight is 564 g/mol. The van der Waals surface area contributed by atoms with Crippen LogP contribution in [0.4, 0.5) is 4.39 Å². The lowest BCUT2D eigenvalue weighted by molar-refractivity contribution is 0.372. The molecule has 1 saturated heterocycles. The molecule has 5 aromatic rings. The molecule has 42 heavy (non-hydrogen) atoms. The zero-order valence-electron chi connectivity index (χ0n) is 24.8. The Bertz CT molecular complexity index is 1700. The summed E-state index contributed by atoms with van der Waals surface area (Å²) in [6.45, 7) is 13.9. The molecule has 5 heterocycles. The second-order valence-electron chi connectivity index (χ2n) is 10.6. The molecule has 1 aromatic carbocycles. The van der Waals surface area contributed by atoms with Gasteiger partial charge in [-0.25, -0.2) is 9.37 Å². The van der Waals surface area contributed by atoms with Crippen LogP contribution in [0.25, 0.3) is 39.3 Å². The molecule has 3 N–H and O–H groups in total. The number of rotatable bonds is 7. The Morgan fingerprint density at radius 1 is 1.05 bits per heavy atom. The summed E-state index contributed by atoms with van der Waals surface area (Å²) < 4.78 is 14.3. The Hall–Kier alpha value is -4.43. The Morgan fingerprint density at radius 3 is 2.62 bits per heavy atom. The number of aromatic nitrogens is 6. The van der Waals surface area contributed by atoms with Gasteiger partial charge < -0.3 is 10.3 Å². The Labute approximate surface area is 246 Å². The Morgan fingerprint density at radius 2 is 1.86 bits per heavy atom. The molecule has 1 fully saturated rings. The molecule has 216 valence electrons. The van der Waals surface area contributed by atoms with Crippen molar-refractivity contribution in [2.45, 2.75) is 47.0 Å². The first-order valence-corrected chi connectivity index (χ1v) is 14.7. The lowest BCUT2D eigenvalue weighted by Crippen LogP contribution is -2.28.